The summed E-state index contributed by atoms with van der Waals surface area (Å²) >= 11 is 0. The van der Waals surface area contributed by atoms with Crippen LogP contribution in [0.4, 0.5) is 4.39 Å². The zero-order valence-electron chi connectivity index (χ0n) is 9.11. The molecule has 0 bridgehead atoms. The lowest BCUT2D eigenvalue weighted by Crippen LogP contribution is -2.16. The molecular formula is C13H11FO3. The Bertz CT molecular complexity index is 491. The molecule has 88 valence electrons. The van der Waals surface area contributed by atoms with E-state index in [-0.39, 0.29) is 18.0 Å². The number of hydrogen-bond donors (Lipinski definition) is 0. The van der Waals surface area contributed by atoms with Gasteiger partial charge in [0.05, 0.1) is 0 Å². The van der Waals surface area contributed by atoms with Crippen LogP contribution in [0.15, 0.2) is 36.1 Å². The van der Waals surface area contributed by atoms with E-state index in [0.717, 1.165) is 0 Å². The molecule has 0 aromatic heterocycles. The molecule has 0 saturated heterocycles. The Balaban J connectivity index is 2.01. The van der Waals surface area contributed by atoms with Crippen LogP contribution in [0.3, 0.4) is 0 Å². The molecular weight excluding hydrogens is 223 g/mol. The molecule has 1 heterocycles. The van der Waals surface area contributed by atoms with Gasteiger partial charge in [-0.1, -0.05) is 18.2 Å². The summed E-state index contributed by atoms with van der Waals surface area (Å²) in [5.74, 6) is -0.776. The fourth-order valence-corrected chi connectivity index (χ4v) is 1.67. The van der Waals surface area contributed by atoms with Gasteiger partial charge in [0.15, 0.2) is 5.78 Å². The van der Waals surface area contributed by atoms with Crippen molar-refractivity contribution in [1.29, 1.82) is 0 Å². The van der Waals surface area contributed by atoms with Crippen LogP contribution in [0.2, 0.25) is 0 Å². The van der Waals surface area contributed by atoms with Gasteiger partial charge in [0, 0.05) is 12.5 Å². The zero-order valence-corrected chi connectivity index (χ0v) is 9.11. The number of hydrogen-bond acceptors (Lipinski definition) is 3. The maximum absolute atomic E-state index is 13.3. The second kappa shape index (κ2) is 4.91. The van der Waals surface area contributed by atoms with Gasteiger partial charge in [-0.25, -0.2) is 4.39 Å². The van der Waals surface area contributed by atoms with Crippen molar-refractivity contribution in [2.24, 2.45) is 0 Å². The summed E-state index contributed by atoms with van der Waals surface area (Å²) in [6, 6.07) is 6.40. The maximum atomic E-state index is 13.3. The number of rotatable bonds is 3. The molecule has 0 N–H and O–H groups in total. The summed E-state index contributed by atoms with van der Waals surface area (Å²) in [6.45, 7) is 0. The normalized spacial score (nSPS) is 15.5. The average Bonchev–Trinajstić information content (AvgIpc) is 2.27. The lowest BCUT2D eigenvalue weighted by atomic mass is 10.1. The second-order valence-electron chi connectivity index (χ2n) is 3.82. The minimum absolute atomic E-state index is 0.205. The van der Waals surface area contributed by atoms with Crippen LogP contribution >= 0.6 is 0 Å². The number of aryl methyl sites for hydroxylation is 1. The van der Waals surface area contributed by atoms with Crippen molar-refractivity contribution in [2.45, 2.75) is 19.3 Å². The summed E-state index contributed by atoms with van der Waals surface area (Å²) < 4.78 is 18.2. The van der Waals surface area contributed by atoms with Crippen LogP contribution in [-0.4, -0.2) is 11.8 Å². The predicted molar refractivity (Wildman–Crippen MR) is 58.5 cm³/mol. The number of ketones is 1. The number of cyclic esters (lactones) is 1. The van der Waals surface area contributed by atoms with Gasteiger partial charge in [-0.15, -0.1) is 0 Å². The molecule has 0 fully saturated rings. The predicted octanol–water partition coefficient (Wildman–Crippen LogP) is 2.16. The Hall–Kier alpha value is -1.97. The Labute approximate surface area is 97.9 Å². The summed E-state index contributed by atoms with van der Waals surface area (Å²) in [4.78, 5) is 22.1. The van der Waals surface area contributed by atoms with Gasteiger partial charge in [0.2, 0.25) is 0 Å². The van der Waals surface area contributed by atoms with Crippen LogP contribution in [-0.2, 0) is 20.7 Å². The van der Waals surface area contributed by atoms with Gasteiger partial charge < -0.3 is 4.74 Å². The SMILES string of the molecule is O=C1C=C(CCc2ccccc2F)OC(=O)C1. The molecule has 1 aliphatic heterocycles. The third kappa shape index (κ3) is 3.00. The van der Waals surface area contributed by atoms with Crippen molar-refractivity contribution in [3.63, 3.8) is 0 Å². The van der Waals surface area contributed by atoms with Crippen LogP contribution < -0.4 is 0 Å². The Kier molecular flexibility index (Phi) is 3.32. The molecule has 0 radical (unpaired) electrons. The first-order valence-corrected chi connectivity index (χ1v) is 5.32. The van der Waals surface area contributed by atoms with Crippen LogP contribution in [0.1, 0.15) is 18.4 Å². The number of carbonyl (C=O) groups excluding carboxylic acids is 2. The molecule has 1 aromatic rings. The first kappa shape index (κ1) is 11.5. The minimum atomic E-state index is -0.541. The summed E-state index contributed by atoms with van der Waals surface area (Å²) in [7, 11) is 0. The van der Waals surface area contributed by atoms with Gasteiger partial charge in [-0.05, 0) is 18.1 Å². The van der Waals surface area contributed by atoms with Crippen LogP contribution in [0.25, 0.3) is 0 Å². The molecule has 0 amide bonds. The summed E-state index contributed by atoms with van der Waals surface area (Å²) in [6.07, 6.45) is 1.85. The number of allylic oxidation sites excluding steroid dienone is 2. The van der Waals surface area contributed by atoms with Crippen molar-refractivity contribution in [3.8, 4) is 0 Å². The number of benzene rings is 1. The van der Waals surface area contributed by atoms with E-state index < -0.39 is 5.97 Å². The van der Waals surface area contributed by atoms with Crippen molar-refractivity contribution < 1.29 is 18.7 Å². The van der Waals surface area contributed by atoms with E-state index in [2.05, 4.69) is 0 Å². The Morgan fingerprint density at radius 2 is 1.94 bits per heavy atom. The van der Waals surface area contributed by atoms with Gasteiger partial charge in [-0.2, -0.15) is 0 Å². The van der Waals surface area contributed by atoms with E-state index in [1.807, 2.05) is 0 Å². The van der Waals surface area contributed by atoms with E-state index >= 15 is 0 Å². The van der Waals surface area contributed by atoms with Crippen molar-refractivity contribution in [3.05, 3.63) is 47.5 Å². The van der Waals surface area contributed by atoms with E-state index in [9.17, 15) is 14.0 Å². The van der Waals surface area contributed by atoms with Gasteiger partial charge in [0.25, 0.3) is 0 Å². The van der Waals surface area contributed by atoms with Crippen molar-refractivity contribution in [2.75, 3.05) is 0 Å². The summed E-state index contributed by atoms with van der Waals surface area (Å²) in [5.41, 5.74) is 0.544. The number of halogens is 1. The highest BCUT2D eigenvalue weighted by Crippen LogP contribution is 2.17. The van der Waals surface area contributed by atoms with E-state index in [1.165, 1.54) is 12.1 Å². The number of ether oxygens (including phenoxy) is 1. The molecule has 1 aliphatic rings. The number of carbonyl (C=O) groups is 2. The topological polar surface area (TPSA) is 43.4 Å². The van der Waals surface area contributed by atoms with Crippen LogP contribution in [0.5, 0.6) is 0 Å². The first-order chi connectivity index (χ1) is 8.15. The largest absolute Gasteiger partial charge is 0.431 e. The van der Waals surface area contributed by atoms with Gasteiger partial charge in [-0.3, -0.25) is 9.59 Å². The standard InChI is InChI=1S/C13H11FO3/c14-12-4-2-1-3-9(12)5-6-11-7-10(15)8-13(16)17-11/h1-4,7H,5-6,8H2. The molecule has 0 aliphatic carbocycles. The van der Waals surface area contributed by atoms with E-state index in [0.29, 0.717) is 24.2 Å². The molecule has 0 spiro atoms. The van der Waals surface area contributed by atoms with Crippen LogP contribution in [0, 0.1) is 5.82 Å². The smallest absolute Gasteiger partial charge is 0.318 e. The molecule has 0 unspecified atom stereocenters. The third-order valence-electron chi connectivity index (χ3n) is 2.48. The molecule has 4 heteroatoms. The molecule has 1 aromatic carbocycles. The van der Waals surface area contributed by atoms with Gasteiger partial charge in [0.1, 0.15) is 18.0 Å². The fourth-order valence-electron chi connectivity index (χ4n) is 1.67. The Morgan fingerprint density at radius 3 is 2.65 bits per heavy atom. The minimum Gasteiger partial charge on any atom is -0.431 e. The number of esters is 1. The zero-order chi connectivity index (χ0) is 12.3. The third-order valence-corrected chi connectivity index (χ3v) is 2.48. The van der Waals surface area contributed by atoms with E-state index in [4.69, 9.17) is 4.74 Å². The molecule has 3 nitrogen and oxygen atoms in total. The van der Waals surface area contributed by atoms with Crippen molar-refractivity contribution in [1.82, 2.24) is 0 Å². The quantitative estimate of drug-likeness (QED) is 0.594. The lowest BCUT2D eigenvalue weighted by molar-refractivity contribution is -0.143. The molecule has 0 atom stereocenters. The molecule has 0 saturated carbocycles. The highest BCUT2D eigenvalue weighted by atomic mass is 19.1. The lowest BCUT2D eigenvalue weighted by Gasteiger charge is -2.12. The Morgan fingerprint density at radius 1 is 1.18 bits per heavy atom. The fraction of sp³-hybridized carbons (Fsp3) is 0.231. The van der Waals surface area contributed by atoms with Gasteiger partial charge >= 0.3 is 5.97 Å². The average molecular weight is 234 g/mol. The summed E-state index contributed by atoms with van der Waals surface area (Å²) in [5, 5.41) is 0. The maximum Gasteiger partial charge on any atom is 0.318 e. The van der Waals surface area contributed by atoms with Crippen molar-refractivity contribution >= 4 is 11.8 Å². The highest BCUT2D eigenvalue weighted by Gasteiger charge is 2.18. The monoisotopic (exact) mass is 234 g/mol. The second-order valence-corrected chi connectivity index (χ2v) is 3.82. The molecule has 2 rings (SSSR count). The first-order valence-electron chi connectivity index (χ1n) is 5.32. The van der Waals surface area contributed by atoms with E-state index in [1.54, 1.807) is 18.2 Å². The highest BCUT2D eigenvalue weighted by molar-refractivity contribution is 6.04. The molecule has 17 heavy (non-hydrogen) atoms.